The number of hydrogen-bond acceptors (Lipinski definition) is 6. The largest absolute Gasteiger partial charge is 0.350 e. The van der Waals surface area contributed by atoms with E-state index in [2.05, 4.69) is 15.6 Å². The molecule has 10 heteroatoms. The summed E-state index contributed by atoms with van der Waals surface area (Å²) in [6.45, 7) is 3.80. The second-order valence-electron chi connectivity index (χ2n) is 6.93. The summed E-state index contributed by atoms with van der Waals surface area (Å²) in [5.41, 5.74) is 1.91. The first kappa shape index (κ1) is 22.0. The fourth-order valence-corrected chi connectivity index (χ4v) is 4.16. The van der Waals surface area contributed by atoms with Gasteiger partial charge in [0.05, 0.1) is 11.4 Å². The minimum atomic E-state index is -0.648. The van der Waals surface area contributed by atoms with Gasteiger partial charge < -0.3 is 5.32 Å². The van der Waals surface area contributed by atoms with Gasteiger partial charge in [0.2, 0.25) is 0 Å². The van der Waals surface area contributed by atoms with Gasteiger partial charge in [0.1, 0.15) is 10.7 Å². The number of thiazole rings is 1. The van der Waals surface area contributed by atoms with Gasteiger partial charge in [-0.05, 0) is 56.3 Å². The third-order valence-corrected chi connectivity index (χ3v) is 6.35. The van der Waals surface area contributed by atoms with Crippen molar-refractivity contribution in [2.24, 2.45) is 0 Å². The molecule has 0 spiro atoms. The smallest absolute Gasteiger partial charge is 0.283 e. The van der Waals surface area contributed by atoms with Gasteiger partial charge >= 0.3 is 0 Å². The molecule has 0 radical (unpaired) electrons. The van der Waals surface area contributed by atoms with Crippen molar-refractivity contribution in [2.45, 2.75) is 13.8 Å². The number of imide groups is 1. The first-order valence-electron chi connectivity index (χ1n) is 9.41. The van der Waals surface area contributed by atoms with Crippen LogP contribution in [-0.2, 0) is 9.59 Å². The van der Waals surface area contributed by atoms with Crippen molar-refractivity contribution in [3.63, 3.8) is 0 Å². The zero-order chi connectivity index (χ0) is 23.0. The van der Waals surface area contributed by atoms with Crippen molar-refractivity contribution >= 4 is 68.8 Å². The highest BCUT2D eigenvalue weighted by molar-refractivity contribution is 7.15. The Labute approximate surface area is 197 Å². The van der Waals surface area contributed by atoms with Gasteiger partial charge in [-0.3, -0.25) is 19.7 Å². The minimum absolute atomic E-state index is 0.0738. The van der Waals surface area contributed by atoms with Crippen LogP contribution in [0.5, 0.6) is 0 Å². The van der Waals surface area contributed by atoms with Crippen LogP contribution in [0.15, 0.2) is 59.3 Å². The van der Waals surface area contributed by atoms with Crippen molar-refractivity contribution in [1.82, 2.24) is 4.98 Å². The normalized spacial score (nSPS) is 13.7. The van der Waals surface area contributed by atoms with Gasteiger partial charge in [0.15, 0.2) is 5.13 Å². The molecule has 4 rings (SSSR count). The number of nitrogens with zero attached hydrogens (tertiary/aromatic N) is 2. The molecule has 0 fully saturated rings. The monoisotopic (exact) mass is 486 g/mol. The Morgan fingerprint density at radius 1 is 1.03 bits per heavy atom. The van der Waals surface area contributed by atoms with Crippen LogP contribution >= 0.6 is 34.5 Å². The second kappa shape index (κ2) is 8.74. The molecule has 0 unspecified atom stereocenters. The Morgan fingerprint density at radius 2 is 1.75 bits per heavy atom. The average molecular weight is 487 g/mol. The fraction of sp³-hybridized carbons (Fsp3) is 0.0909. The maximum absolute atomic E-state index is 12.9. The predicted octanol–water partition coefficient (Wildman–Crippen LogP) is 5.10. The van der Waals surface area contributed by atoms with E-state index in [1.807, 2.05) is 13.8 Å². The number of anilines is 3. The van der Waals surface area contributed by atoms with Crippen molar-refractivity contribution < 1.29 is 14.4 Å². The standard InChI is InChI=1S/C22H16Cl2N4O3S/c1-11-12(2)32-22(25-11)27-19(29)13-4-3-5-15(10-13)26-18-17(24)20(30)28(21(18)31)16-8-6-14(23)7-9-16/h3-10,26H,1-2H3,(H,25,27,29). The molecule has 3 amide bonds. The van der Waals surface area contributed by atoms with Gasteiger partial charge in [-0.2, -0.15) is 0 Å². The topological polar surface area (TPSA) is 91.4 Å². The van der Waals surface area contributed by atoms with Gasteiger partial charge in [0, 0.05) is 21.2 Å². The summed E-state index contributed by atoms with van der Waals surface area (Å²) in [4.78, 5) is 44.4. The lowest BCUT2D eigenvalue weighted by atomic mass is 10.2. The first-order chi connectivity index (χ1) is 15.2. The molecular weight excluding hydrogens is 471 g/mol. The maximum Gasteiger partial charge on any atom is 0.283 e. The van der Waals surface area contributed by atoms with Gasteiger partial charge in [-0.15, -0.1) is 11.3 Å². The molecule has 7 nitrogen and oxygen atoms in total. The number of aryl methyl sites for hydroxylation is 2. The molecule has 1 aromatic heterocycles. The SMILES string of the molecule is Cc1nc(NC(=O)c2cccc(NC3=C(Cl)C(=O)N(c4ccc(Cl)cc4)C3=O)c2)sc1C. The van der Waals surface area contributed by atoms with Gasteiger partial charge in [-0.1, -0.05) is 29.3 Å². The lowest BCUT2D eigenvalue weighted by Crippen LogP contribution is -2.32. The minimum Gasteiger partial charge on any atom is -0.350 e. The highest BCUT2D eigenvalue weighted by Gasteiger charge is 2.39. The van der Waals surface area contributed by atoms with Crippen LogP contribution in [0.4, 0.5) is 16.5 Å². The number of rotatable bonds is 5. The molecule has 1 aliphatic rings. The van der Waals surface area contributed by atoms with Crippen LogP contribution in [0.2, 0.25) is 5.02 Å². The highest BCUT2D eigenvalue weighted by Crippen LogP contribution is 2.31. The quantitative estimate of drug-likeness (QED) is 0.489. The van der Waals surface area contributed by atoms with Crippen molar-refractivity contribution in [3.05, 3.63) is 80.4 Å². The summed E-state index contributed by atoms with van der Waals surface area (Å²) >= 11 is 13.4. The highest BCUT2D eigenvalue weighted by atomic mass is 35.5. The van der Waals surface area contributed by atoms with E-state index in [1.54, 1.807) is 48.5 Å². The second-order valence-corrected chi connectivity index (χ2v) is 8.95. The van der Waals surface area contributed by atoms with E-state index in [0.29, 0.717) is 27.1 Å². The molecule has 0 saturated carbocycles. The zero-order valence-corrected chi connectivity index (χ0v) is 19.2. The molecule has 0 saturated heterocycles. The third kappa shape index (κ3) is 4.25. The Morgan fingerprint density at radius 3 is 2.41 bits per heavy atom. The van der Waals surface area contributed by atoms with E-state index >= 15 is 0 Å². The molecule has 0 aliphatic carbocycles. The lowest BCUT2D eigenvalue weighted by Gasteiger charge is -2.15. The summed E-state index contributed by atoms with van der Waals surface area (Å²) in [5, 5.41) is 6.37. The molecular formula is C22H16Cl2N4O3S. The van der Waals surface area contributed by atoms with Crippen molar-refractivity contribution in [2.75, 3.05) is 15.5 Å². The summed E-state index contributed by atoms with van der Waals surface area (Å²) in [6.07, 6.45) is 0. The van der Waals surface area contributed by atoms with Crippen LogP contribution < -0.4 is 15.5 Å². The Kier molecular flexibility index (Phi) is 6.01. The van der Waals surface area contributed by atoms with E-state index in [9.17, 15) is 14.4 Å². The number of amides is 3. The molecule has 162 valence electrons. The number of hydrogen-bond donors (Lipinski definition) is 2. The molecule has 1 aliphatic heterocycles. The number of halogens is 2. The number of nitrogens with one attached hydrogen (secondary N) is 2. The van der Waals surface area contributed by atoms with Crippen LogP contribution in [0.3, 0.4) is 0 Å². The van der Waals surface area contributed by atoms with E-state index in [0.717, 1.165) is 15.5 Å². The Hall–Kier alpha value is -3.20. The number of benzene rings is 2. The van der Waals surface area contributed by atoms with E-state index in [4.69, 9.17) is 23.2 Å². The van der Waals surface area contributed by atoms with Crippen LogP contribution in [0.25, 0.3) is 0 Å². The van der Waals surface area contributed by atoms with Crippen LogP contribution in [-0.4, -0.2) is 22.7 Å². The van der Waals surface area contributed by atoms with Gasteiger partial charge in [0.25, 0.3) is 17.7 Å². The van der Waals surface area contributed by atoms with E-state index in [1.165, 1.54) is 11.3 Å². The Balaban J connectivity index is 1.53. The number of aromatic nitrogens is 1. The molecule has 2 aromatic carbocycles. The molecule has 2 heterocycles. The molecule has 0 bridgehead atoms. The van der Waals surface area contributed by atoms with Crippen LogP contribution in [0, 0.1) is 13.8 Å². The predicted molar refractivity (Wildman–Crippen MR) is 126 cm³/mol. The maximum atomic E-state index is 12.9. The lowest BCUT2D eigenvalue weighted by molar-refractivity contribution is -0.120. The fourth-order valence-electron chi connectivity index (χ4n) is 3.01. The zero-order valence-electron chi connectivity index (χ0n) is 16.9. The molecule has 32 heavy (non-hydrogen) atoms. The van der Waals surface area contributed by atoms with E-state index < -0.39 is 11.8 Å². The van der Waals surface area contributed by atoms with Crippen molar-refractivity contribution in [1.29, 1.82) is 0 Å². The van der Waals surface area contributed by atoms with E-state index in [-0.39, 0.29) is 16.6 Å². The van der Waals surface area contributed by atoms with Crippen LogP contribution in [0.1, 0.15) is 20.9 Å². The molecule has 0 atom stereocenters. The summed E-state index contributed by atoms with van der Waals surface area (Å²) in [6, 6.07) is 12.8. The van der Waals surface area contributed by atoms with Crippen molar-refractivity contribution in [3.8, 4) is 0 Å². The Bertz CT molecular complexity index is 1270. The third-order valence-electron chi connectivity index (χ3n) is 4.76. The number of carbonyl (C=O) groups is 3. The first-order valence-corrected chi connectivity index (χ1v) is 11.0. The van der Waals surface area contributed by atoms with Gasteiger partial charge in [-0.25, -0.2) is 9.88 Å². The average Bonchev–Trinajstić information content (AvgIpc) is 3.19. The summed E-state index contributed by atoms with van der Waals surface area (Å²) < 4.78 is 0. The summed E-state index contributed by atoms with van der Waals surface area (Å²) in [7, 11) is 0. The number of carbonyl (C=O) groups excluding carboxylic acids is 3. The summed E-state index contributed by atoms with van der Waals surface area (Å²) in [5.74, 6) is -1.60. The molecule has 3 aromatic rings. The molecule has 2 N–H and O–H groups in total.